The molecule has 0 aliphatic carbocycles. The Morgan fingerprint density at radius 3 is 2.24 bits per heavy atom. The van der Waals surface area contributed by atoms with Gasteiger partial charge < -0.3 is 20.6 Å². The van der Waals surface area contributed by atoms with Gasteiger partial charge in [0.1, 0.15) is 6.04 Å². The van der Waals surface area contributed by atoms with Gasteiger partial charge in [-0.25, -0.2) is 8.42 Å². The Kier molecular flexibility index (Phi) is 9.14. The first-order valence-electron chi connectivity index (χ1n) is 12.7. The number of aliphatic carboxylic acids is 1. The molecule has 11 heteroatoms. The number of rotatable bonds is 10. The number of nitrogens with one attached hydrogen (secondary N) is 3. The van der Waals surface area contributed by atoms with Gasteiger partial charge in [0.05, 0.1) is 5.75 Å². The van der Waals surface area contributed by atoms with Crippen molar-refractivity contribution in [2.75, 3.05) is 50.7 Å². The number of benzene rings is 2. The number of carbonyl (C=O) groups excluding carboxylic acids is 1. The molecule has 0 unspecified atom stereocenters. The summed E-state index contributed by atoms with van der Waals surface area (Å²) in [4.78, 5) is 29.2. The van der Waals surface area contributed by atoms with Crippen LogP contribution in [0.4, 0.5) is 5.69 Å². The first kappa shape index (κ1) is 27.1. The SMILES string of the molecule is O=C(NC[C@H](NS(=O)(=O)Cc1ccccc1)C(=O)O)c1ccc(N2CCC(N3CCNCC3)CC2)cc1. The van der Waals surface area contributed by atoms with Crippen molar-refractivity contribution < 1.29 is 23.1 Å². The zero-order valence-electron chi connectivity index (χ0n) is 20.8. The molecule has 2 aromatic carbocycles. The van der Waals surface area contributed by atoms with E-state index in [-0.39, 0.29) is 12.3 Å². The predicted molar refractivity (Wildman–Crippen MR) is 142 cm³/mol. The number of piperazine rings is 1. The molecule has 0 bridgehead atoms. The largest absolute Gasteiger partial charge is 0.480 e. The molecule has 2 heterocycles. The quantitative estimate of drug-likeness (QED) is 0.357. The molecule has 1 amide bonds. The molecule has 2 fully saturated rings. The summed E-state index contributed by atoms with van der Waals surface area (Å²) in [7, 11) is -3.91. The minimum Gasteiger partial charge on any atom is -0.480 e. The van der Waals surface area contributed by atoms with Gasteiger partial charge in [0, 0.05) is 63.1 Å². The van der Waals surface area contributed by atoms with Gasteiger partial charge >= 0.3 is 5.97 Å². The highest BCUT2D eigenvalue weighted by Crippen LogP contribution is 2.23. The Labute approximate surface area is 218 Å². The lowest BCUT2D eigenvalue weighted by atomic mass is 10.0. The van der Waals surface area contributed by atoms with E-state index in [4.69, 9.17) is 0 Å². The lowest BCUT2D eigenvalue weighted by molar-refractivity contribution is -0.138. The summed E-state index contributed by atoms with van der Waals surface area (Å²) in [5.41, 5.74) is 1.97. The van der Waals surface area contributed by atoms with Crippen LogP contribution in [0.25, 0.3) is 0 Å². The van der Waals surface area contributed by atoms with Gasteiger partial charge in [-0.2, -0.15) is 4.72 Å². The first-order chi connectivity index (χ1) is 17.8. The molecule has 37 heavy (non-hydrogen) atoms. The number of carbonyl (C=O) groups is 2. The Morgan fingerprint density at radius 1 is 0.973 bits per heavy atom. The van der Waals surface area contributed by atoms with Gasteiger partial charge in [-0.1, -0.05) is 30.3 Å². The Hall–Kier alpha value is -2.99. The highest BCUT2D eigenvalue weighted by molar-refractivity contribution is 7.88. The van der Waals surface area contributed by atoms with Crippen LogP contribution in [0.5, 0.6) is 0 Å². The Bertz CT molecular complexity index is 1150. The average Bonchev–Trinajstić information content (AvgIpc) is 2.91. The number of anilines is 1. The third kappa shape index (κ3) is 7.75. The van der Waals surface area contributed by atoms with Crippen LogP contribution < -0.4 is 20.3 Å². The zero-order chi connectivity index (χ0) is 26.3. The summed E-state index contributed by atoms with van der Waals surface area (Å²) >= 11 is 0. The van der Waals surface area contributed by atoms with Gasteiger partial charge in [-0.05, 0) is 42.7 Å². The van der Waals surface area contributed by atoms with Crippen molar-refractivity contribution in [1.29, 1.82) is 0 Å². The summed E-state index contributed by atoms with van der Waals surface area (Å²) in [6.45, 7) is 5.86. The van der Waals surface area contributed by atoms with Gasteiger partial charge in [-0.3, -0.25) is 14.5 Å². The topological polar surface area (TPSA) is 131 Å². The second-order valence-electron chi connectivity index (χ2n) is 9.51. The van der Waals surface area contributed by atoms with Crippen LogP contribution in [0.1, 0.15) is 28.8 Å². The molecule has 2 aliphatic rings. The molecular formula is C26H35N5O5S. The minimum atomic E-state index is -3.91. The molecule has 2 saturated heterocycles. The normalized spacial score (nSPS) is 18.3. The van der Waals surface area contributed by atoms with Gasteiger partial charge in [0.25, 0.3) is 5.91 Å². The maximum atomic E-state index is 12.6. The smallest absolute Gasteiger partial charge is 0.323 e. The van der Waals surface area contributed by atoms with E-state index in [1.165, 1.54) is 0 Å². The minimum absolute atomic E-state index is 0.348. The van der Waals surface area contributed by atoms with E-state index in [1.54, 1.807) is 42.5 Å². The molecule has 0 saturated carbocycles. The van der Waals surface area contributed by atoms with Crippen LogP contribution in [0.15, 0.2) is 54.6 Å². The van der Waals surface area contributed by atoms with E-state index >= 15 is 0 Å². The molecule has 4 N–H and O–H groups in total. The second kappa shape index (κ2) is 12.5. The van der Waals surface area contributed by atoms with Crippen molar-refractivity contribution in [2.24, 2.45) is 0 Å². The van der Waals surface area contributed by atoms with Crippen LogP contribution >= 0.6 is 0 Å². The van der Waals surface area contributed by atoms with E-state index in [0.717, 1.165) is 57.8 Å². The number of carboxylic acids is 1. The van der Waals surface area contributed by atoms with Crippen LogP contribution in [-0.4, -0.2) is 88.2 Å². The highest BCUT2D eigenvalue weighted by Gasteiger charge is 2.27. The number of hydrogen-bond acceptors (Lipinski definition) is 7. The van der Waals surface area contributed by atoms with E-state index in [0.29, 0.717) is 17.2 Å². The lowest BCUT2D eigenvalue weighted by Crippen LogP contribution is -2.52. The van der Waals surface area contributed by atoms with Gasteiger partial charge in [-0.15, -0.1) is 0 Å². The highest BCUT2D eigenvalue weighted by atomic mass is 32.2. The maximum absolute atomic E-state index is 12.6. The fourth-order valence-corrected chi connectivity index (χ4v) is 6.22. The summed E-state index contributed by atoms with van der Waals surface area (Å²) < 4.78 is 27.0. The number of carboxylic acid groups (broad SMARTS) is 1. The van der Waals surface area contributed by atoms with Crippen molar-refractivity contribution in [1.82, 2.24) is 20.3 Å². The summed E-state index contributed by atoms with van der Waals surface area (Å²) in [6.07, 6.45) is 2.22. The number of sulfonamides is 1. The summed E-state index contributed by atoms with van der Waals surface area (Å²) in [5.74, 6) is -2.17. The number of hydrogen-bond donors (Lipinski definition) is 4. The van der Waals surface area contributed by atoms with Gasteiger partial charge in [0.2, 0.25) is 10.0 Å². The monoisotopic (exact) mass is 529 g/mol. The van der Waals surface area contributed by atoms with Crippen LogP contribution in [0, 0.1) is 0 Å². The van der Waals surface area contributed by atoms with Crippen molar-refractivity contribution >= 4 is 27.6 Å². The van der Waals surface area contributed by atoms with E-state index < -0.39 is 27.9 Å². The number of nitrogens with zero attached hydrogens (tertiary/aromatic N) is 2. The summed E-state index contributed by atoms with van der Waals surface area (Å²) in [6, 6.07) is 14.8. The third-order valence-electron chi connectivity index (χ3n) is 6.91. The summed E-state index contributed by atoms with van der Waals surface area (Å²) in [5, 5.41) is 15.4. The van der Waals surface area contributed by atoms with Crippen LogP contribution in [-0.2, 0) is 20.6 Å². The second-order valence-corrected chi connectivity index (χ2v) is 11.3. The molecular weight excluding hydrogens is 494 g/mol. The molecule has 200 valence electrons. The molecule has 0 aromatic heterocycles. The van der Waals surface area contributed by atoms with Crippen molar-refractivity contribution in [3.63, 3.8) is 0 Å². The van der Waals surface area contributed by atoms with Crippen LogP contribution in [0.3, 0.4) is 0 Å². The Morgan fingerprint density at radius 2 is 1.62 bits per heavy atom. The lowest BCUT2D eigenvalue weighted by Gasteiger charge is -2.41. The number of amides is 1. The van der Waals surface area contributed by atoms with Gasteiger partial charge in [0.15, 0.2) is 0 Å². The third-order valence-corrected chi connectivity index (χ3v) is 8.27. The first-order valence-corrected chi connectivity index (χ1v) is 14.3. The molecule has 1 atom stereocenters. The fraction of sp³-hybridized carbons (Fsp3) is 0.462. The van der Waals surface area contributed by atoms with Crippen LogP contribution in [0.2, 0.25) is 0 Å². The van der Waals surface area contributed by atoms with E-state index in [2.05, 4.69) is 25.2 Å². The molecule has 2 aromatic rings. The van der Waals surface area contributed by atoms with Crippen molar-refractivity contribution in [3.05, 3.63) is 65.7 Å². The predicted octanol–water partition coefficient (Wildman–Crippen LogP) is 0.863. The van der Waals surface area contributed by atoms with Crippen molar-refractivity contribution in [2.45, 2.75) is 30.7 Å². The van der Waals surface area contributed by atoms with E-state index in [1.807, 2.05) is 12.1 Å². The zero-order valence-corrected chi connectivity index (χ0v) is 21.6. The molecule has 0 spiro atoms. The molecule has 2 aliphatic heterocycles. The maximum Gasteiger partial charge on any atom is 0.323 e. The fourth-order valence-electron chi connectivity index (χ4n) is 4.89. The van der Waals surface area contributed by atoms with Crippen molar-refractivity contribution in [3.8, 4) is 0 Å². The Balaban J connectivity index is 1.27. The number of piperidine rings is 1. The average molecular weight is 530 g/mol. The standard InChI is InChI=1S/C26H35N5O5S/c32-25(28-18-24(26(33)34)29-37(35,36)19-20-4-2-1-3-5-20)21-6-8-22(9-7-21)30-14-10-23(11-15-30)31-16-12-27-13-17-31/h1-9,23-24,27,29H,10-19H2,(H,28,32)(H,33,34)/t24-/m0/s1. The molecule has 4 rings (SSSR count). The van der Waals surface area contributed by atoms with E-state index in [9.17, 15) is 23.1 Å². The molecule has 10 nitrogen and oxygen atoms in total. The molecule has 0 radical (unpaired) electrons.